The van der Waals surface area contributed by atoms with Gasteiger partial charge in [-0.3, -0.25) is 9.59 Å². The van der Waals surface area contributed by atoms with Crippen molar-refractivity contribution in [2.24, 2.45) is 0 Å². The lowest BCUT2D eigenvalue weighted by atomic mass is 10.2. The van der Waals surface area contributed by atoms with Gasteiger partial charge in [0.1, 0.15) is 18.1 Å². The Morgan fingerprint density at radius 1 is 1.03 bits per heavy atom. The number of carbonyl (C=O) groups excluding carboxylic acids is 2. The Balaban J connectivity index is 1.38. The summed E-state index contributed by atoms with van der Waals surface area (Å²) in [5.41, 5.74) is 1.42. The average molecular weight is 398 g/mol. The van der Waals surface area contributed by atoms with Gasteiger partial charge in [-0.15, -0.1) is 0 Å². The summed E-state index contributed by atoms with van der Waals surface area (Å²) in [4.78, 5) is 24.2. The zero-order chi connectivity index (χ0) is 20.5. The molecule has 1 heterocycles. The van der Waals surface area contributed by atoms with Crippen LogP contribution in [0.5, 0.6) is 11.5 Å². The molecule has 0 spiro atoms. The number of nitrogens with one attached hydrogen (secondary N) is 2. The third kappa shape index (κ3) is 6.50. The Morgan fingerprint density at radius 2 is 1.76 bits per heavy atom. The molecule has 7 nitrogen and oxygen atoms in total. The largest absolute Gasteiger partial charge is 0.497 e. The fourth-order valence-corrected chi connectivity index (χ4v) is 2.94. The lowest BCUT2D eigenvalue weighted by molar-refractivity contribution is -0.120. The maximum Gasteiger partial charge on any atom is 0.251 e. The predicted molar refractivity (Wildman–Crippen MR) is 108 cm³/mol. The number of methoxy groups -OCH3 is 1. The van der Waals surface area contributed by atoms with Crippen molar-refractivity contribution in [1.29, 1.82) is 0 Å². The van der Waals surface area contributed by atoms with Crippen molar-refractivity contribution in [2.45, 2.75) is 25.5 Å². The van der Waals surface area contributed by atoms with Gasteiger partial charge >= 0.3 is 0 Å². The highest BCUT2D eigenvalue weighted by molar-refractivity contribution is 5.96. The van der Waals surface area contributed by atoms with Crippen molar-refractivity contribution >= 4 is 11.8 Å². The molecular formula is C22H26N2O5. The van der Waals surface area contributed by atoms with E-state index in [4.69, 9.17) is 14.2 Å². The molecule has 0 radical (unpaired) electrons. The number of ether oxygens (including phenoxy) is 3. The Kier molecular flexibility index (Phi) is 7.47. The molecule has 0 aromatic heterocycles. The number of benzene rings is 2. The number of carbonyl (C=O) groups is 2. The minimum Gasteiger partial charge on any atom is -0.497 e. The molecule has 0 bridgehead atoms. The van der Waals surface area contributed by atoms with Crippen LogP contribution in [0.1, 0.15) is 28.8 Å². The molecule has 2 aromatic rings. The molecule has 1 fully saturated rings. The molecule has 29 heavy (non-hydrogen) atoms. The molecule has 154 valence electrons. The Morgan fingerprint density at radius 3 is 2.41 bits per heavy atom. The fourth-order valence-electron chi connectivity index (χ4n) is 2.94. The van der Waals surface area contributed by atoms with E-state index < -0.39 is 0 Å². The van der Waals surface area contributed by atoms with Gasteiger partial charge < -0.3 is 24.8 Å². The standard InChI is InChI=1S/C22H26N2O5/c1-27-18-8-4-16(5-9-18)13-23-21(25)14-24-22(26)17-6-10-19(11-7-17)29-15-20-3-2-12-28-20/h4-11,20H,2-3,12-15H2,1H3,(H,23,25)(H,24,26). The van der Waals surface area contributed by atoms with Gasteiger partial charge in [-0.2, -0.15) is 0 Å². The lowest BCUT2D eigenvalue weighted by Gasteiger charge is -2.12. The second-order valence-corrected chi connectivity index (χ2v) is 6.78. The topological polar surface area (TPSA) is 85.9 Å². The molecule has 1 aliphatic heterocycles. The summed E-state index contributed by atoms with van der Waals surface area (Å²) in [6, 6.07) is 14.3. The lowest BCUT2D eigenvalue weighted by Crippen LogP contribution is -2.36. The Hall–Kier alpha value is -3.06. The SMILES string of the molecule is COc1ccc(CNC(=O)CNC(=O)c2ccc(OCC3CCCO3)cc2)cc1. The third-order valence-electron chi connectivity index (χ3n) is 4.63. The molecule has 0 saturated carbocycles. The molecule has 1 atom stereocenters. The van der Waals surface area contributed by atoms with Gasteiger partial charge in [0, 0.05) is 18.7 Å². The molecule has 3 rings (SSSR count). The zero-order valence-corrected chi connectivity index (χ0v) is 16.5. The molecule has 2 N–H and O–H groups in total. The maximum atomic E-state index is 12.2. The van der Waals surface area contributed by atoms with Gasteiger partial charge in [0.05, 0.1) is 19.8 Å². The van der Waals surface area contributed by atoms with Crippen LogP contribution in [0.3, 0.4) is 0 Å². The minimum atomic E-state index is -0.310. The third-order valence-corrected chi connectivity index (χ3v) is 4.63. The van der Waals surface area contributed by atoms with Crippen molar-refractivity contribution in [3.05, 3.63) is 59.7 Å². The summed E-state index contributed by atoms with van der Waals surface area (Å²) in [5, 5.41) is 5.39. The van der Waals surface area contributed by atoms with E-state index in [-0.39, 0.29) is 24.5 Å². The van der Waals surface area contributed by atoms with E-state index in [1.54, 1.807) is 31.4 Å². The first-order valence-corrected chi connectivity index (χ1v) is 9.66. The summed E-state index contributed by atoms with van der Waals surface area (Å²) in [6.07, 6.45) is 2.23. The number of hydrogen-bond donors (Lipinski definition) is 2. The molecular weight excluding hydrogens is 372 g/mol. The summed E-state index contributed by atoms with van der Waals surface area (Å²) in [5.74, 6) is 0.880. The summed E-state index contributed by atoms with van der Waals surface area (Å²) in [7, 11) is 1.60. The highest BCUT2D eigenvalue weighted by atomic mass is 16.5. The first kappa shape index (κ1) is 20.7. The van der Waals surface area contributed by atoms with Gasteiger partial charge in [0.2, 0.25) is 5.91 Å². The summed E-state index contributed by atoms with van der Waals surface area (Å²) >= 11 is 0. The summed E-state index contributed by atoms with van der Waals surface area (Å²) in [6.45, 7) is 1.60. The normalized spacial score (nSPS) is 15.6. The fraction of sp³-hybridized carbons (Fsp3) is 0.364. The molecule has 1 aliphatic rings. The second kappa shape index (κ2) is 10.5. The minimum absolute atomic E-state index is 0.0910. The van der Waals surface area contributed by atoms with Crippen LogP contribution in [-0.2, 0) is 16.1 Å². The van der Waals surface area contributed by atoms with Crippen LogP contribution in [0.4, 0.5) is 0 Å². The molecule has 7 heteroatoms. The van der Waals surface area contributed by atoms with Crippen molar-refractivity contribution in [1.82, 2.24) is 10.6 Å². The quantitative estimate of drug-likeness (QED) is 0.677. The van der Waals surface area contributed by atoms with E-state index in [9.17, 15) is 9.59 Å². The van der Waals surface area contributed by atoms with E-state index in [2.05, 4.69) is 10.6 Å². The van der Waals surface area contributed by atoms with Crippen molar-refractivity contribution in [3.63, 3.8) is 0 Å². The van der Waals surface area contributed by atoms with Crippen molar-refractivity contribution in [3.8, 4) is 11.5 Å². The highest BCUT2D eigenvalue weighted by Gasteiger charge is 2.16. The second-order valence-electron chi connectivity index (χ2n) is 6.78. The first-order valence-electron chi connectivity index (χ1n) is 9.66. The van der Waals surface area contributed by atoms with E-state index in [0.29, 0.717) is 24.5 Å². The van der Waals surface area contributed by atoms with Crippen LogP contribution in [-0.4, -0.2) is 44.8 Å². The number of amides is 2. The van der Waals surface area contributed by atoms with Crippen LogP contribution in [0, 0.1) is 0 Å². The van der Waals surface area contributed by atoms with Gasteiger partial charge in [-0.05, 0) is 54.8 Å². The molecule has 1 unspecified atom stereocenters. The maximum absolute atomic E-state index is 12.2. The Bertz CT molecular complexity index is 799. The zero-order valence-electron chi connectivity index (χ0n) is 16.5. The van der Waals surface area contributed by atoms with Crippen LogP contribution >= 0.6 is 0 Å². The van der Waals surface area contributed by atoms with E-state index in [0.717, 1.165) is 30.8 Å². The van der Waals surface area contributed by atoms with E-state index >= 15 is 0 Å². The first-order chi connectivity index (χ1) is 14.1. The predicted octanol–water partition coefficient (Wildman–Crippen LogP) is 2.30. The Labute approximate surface area is 170 Å². The van der Waals surface area contributed by atoms with Gasteiger partial charge in [-0.25, -0.2) is 0 Å². The van der Waals surface area contributed by atoms with E-state index in [1.165, 1.54) is 0 Å². The monoisotopic (exact) mass is 398 g/mol. The van der Waals surface area contributed by atoms with Crippen molar-refractivity contribution in [2.75, 3.05) is 26.9 Å². The van der Waals surface area contributed by atoms with Crippen LogP contribution < -0.4 is 20.1 Å². The number of rotatable bonds is 9. The average Bonchev–Trinajstić information content (AvgIpc) is 3.29. The highest BCUT2D eigenvalue weighted by Crippen LogP contribution is 2.16. The van der Waals surface area contributed by atoms with E-state index in [1.807, 2.05) is 24.3 Å². The summed E-state index contributed by atoms with van der Waals surface area (Å²) < 4.78 is 16.3. The van der Waals surface area contributed by atoms with Crippen LogP contribution in [0.2, 0.25) is 0 Å². The number of hydrogen-bond acceptors (Lipinski definition) is 5. The van der Waals surface area contributed by atoms with Crippen molar-refractivity contribution < 1.29 is 23.8 Å². The van der Waals surface area contributed by atoms with Gasteiger partial charge in [0.25, 0.3) is 5.91 Å². The molecule has 0 aliphatic carbocycles. The molecule has 2 amide bonds. The van der Waals surface area contributed by atoms with Crippen LogP contribution in [0.15, 0.2) is 48.5 Å². The van der Waals surface area contributed by atoms with Gasteiger partial charge in [0.15, 0.2) is 0 Å². The molecule has 1 saturated heterocycles. The molecule has 2 aromatic carbocycles. The smallest absolute Gasteiger partial charge is 0.251 e. The van der Waals surface area contributed by atoms with Crippen LogP contribution in [0.25, 0.3) is 0 Å². The van der Waals surface area contributed by atoms with Gasteiger partial charge in [-0.1, -0.05) is 12.1 Å².